The fourth-order valence-electron chi connectivity index (χ4n) is 4.37. The summed E-state index contributed by atoms with van der Waals surface area (Å²) in [4.78, 5) is 40.4. The van der Waals surface area contributed by atoms with Gasteiger partial charge >= 0.3 is 5.97 Å². The second-order valence-electron chi connectivity index (χ2n) is 8.79. The highest BCUT2D eigenvalue weighted by atomic mass is 35.5. The van der Waals surface area contributed by atoms with Crippen LogP contribution in [0.1, 0.15) is 47.7 Å². The molecule has 0 fully saturated rings. The first-order chi connectivity index (χ1) is 18.2. The van der Waals surface area contributed by atoms with Gasteiger partial charge in [-0.05, 0) is 73.5 Å². The average molecular weight is 555 g/mol. The number of hydrogen-bond acceptors (Lipinski definition) is 4. The van der Waals surface area contributed by atoms with Crippen LogP contribution in [0.2, 0.25) is 10.0 Å². The molecule has 1 aliphatic heterocycles. The number of hydrogen-bond donors (Lipinski definition) is 1. The molecule has 0 aromatic heterocycles. The minimum Gasteiger partial charge on any atom is -0.463 e. The van der Waals surface area contributed by atoms with E-state index < -0.39 is 17.7 Å². The summed E-state index contributed by atoms with van der Waals surface area (Å²) in [5, 5.41) is 3.43. The minimum absolute atomic E-state index is 0.0572. The number of anilines is 1. The zero-order chi connectivity index (χ0) is 27.4. The number of rotatable bonds is 7. The Balaban J connectivity index is 1.57. The Morgan fingerprint density at radius 3 is 2.34 bits per heavy atom. The zero-order valence-corrected chi connectivity index (χ0v) is 22.3. The summed E-state index contributed by atoms with van der Waals surface area (Å²) in [6.45, 7) is 3.85. The number of carbonyl (C=O) groups excluding carboxylic acids is 3. The standard InChI is InChI=1S/C29H25Cl2FN2O4/c1-3-38-29(37)27-17(2)34(26(35)15-23(27)20-8-13-24(30)25(31)14-20)16-18-4-6-19(7-5-18)28(36)33-22-11-9-21(32)10-12-22/h4-14,23H,3,15-16H2,1-2H3,(H,33,36). The highest BCUT2D eigenvalue weighted by Gasteiger charge is 2.37. The molecule has 3 aromatic rings. The number of nitrogens with one attached hydrogen (secondary N) is 1. The van der Waals surface area contributed by atoms with E-state index in [0.29, 0.717) is 38.1 Å². The first-order valence-corrected chi connectivity index (χ1v) is 12.7. The summed E-state index contributed by atoms with van der Waals surface area (Å²) in [5.74, 6) is -1.91. The number of allylic oxidation sites excluding steroid dienone is 1. The lowest BCUT2D eigenvalue weighted by atomic mass is 9.83. The van der Waals surface area contributed by atoms with Gasteiger partial charge in [-0.2, -0.15) is 0 Å². The number of carbonyl (C=O) groups is 3. The van der Waals surface area contributed by atoms with Crippen molar-refractivity contribution in [3.05, 3.63) is 111 Å². The Bertz CT molecular complexity index is 1410. The van der Waals surface area contributed by atoms with Gasteiger partial charge < -0.3 is 15.0 Å². The number of amides is 2. The zero-order valence-electron chi connectivity index (χ0n) is 20.8. The molecule has 0 bridgehead atoms. The van der Waals surface area contributed by atoms with Crippen LogP contribution in [0.4, 0.5) is 10.1 Å². The molecular weight excluding hydrogens is 530 g/mol. The van der Waals surface area contributed by atoms with Gasteiger partial charge in [0.1, 0.15) is 5.82 Å². The predicted molar refractivity (Wildman–Crippen MR) is 144 cm³/mol. The van der Waals surface area contributed by atoms with E-state index in [1.54, 1.807) is 61.2 Å². The lowest BCUT2D eigenvalue weighted by molar-refractivity contribution is -0.140. The van der Waals surface area contributed by atoms with Crippen molar-refractivity contribution >= 4 is 46.7 Å². The molecule has 3 aromatic carbocycles. The molecule has 0 saturated heterocycles. The van der Waals surface area contributed by atoms with Gasteiger partial charge in [0.05, 0.1) is 28.8 Å². The summed E-state index contributed by atoms with van der Waals surface area (Å²) in [6, 6.07) is 17.3. The molecule has 4 rings (SSSR count). The molecular formula is C29H25Cl2FN2O4. The highest BCUT2D eigenvalue weighted by molar-refractivity contribution is 6.42. The number of ether oxygens (including phenoxy) is 1. The van der Waals surface area contributed by atoms with Gasteiger partial charge in [0.15, 0.2) is 0 Å². The van der Waals surface area contributed by atoms with Crippen molar-refractivity contribution in [2.24, 2.45) is 0 Å². The minimum atomic E-state index is -0.523. The van der Waals surface area contributed by atoms with E-state index in [4.69, 9.17) is 27.9 Å². The molecule has 38 heavy (non-hydrogen) atoms. The summed E-state index contributed by atoms with van der Waals surface area (Å²) >= 11 is 12.3. The van der Waals surface area contributed by atoms with Gasteiger partial charge in [-0.25, -0.2) is 9.18 Å². The highest BCUT2D eigenvalue weighted by Crippen LogP contribution is 2.39. The third-order valence-corrected chi connectivity index (χ3v) is 7.06. The number of benzene rings is 3. The molecule has 6 nitrogen and oxygen atoms in total. The van der Waals surface area contributed by atoms with E-state index in [9.17, 15) is 18.8 Å². The second-order valence-corrected chi connectivity index (χ2v) is 9.60. The lowest BCUT2D eigenvalue weighted by Crippen LogP contribution is -2.38. The van der Waals surface area contributed by atoms with Gasteiger partial charge in [0.2, 0.25) is 5.91 Å². The number of nitrogens with zero attached hydrogens (tertiary/aromatic N) is 1. The van der Waals surface area contributed by atoms with E-state index in [0.717, 1.165) is 5.56 Å². The summed E-state index contributed by atoms with van der Waals surface area (Å²) < 4.78 is 18.4. The van der Waals surface area contributed by atoms with Gasteiger partial charge in [-0.1, -0.05) is 41.4 Å². The van der Waals surface area contributed by atoms with Crippen LogP contribution >= 0.6 is 23.2 Å². The van der Waals surface area contributed by atoms with Crippen molar-refractivity contribution in [1.82, 2.24) is 4.90 Å². The lowest BCUT2D eigenvalue weighted by Gasteiger charge is -2.34. The molecule has 9 heteroatoms. The fraction of sp³-hybridized carbons (Fsp3) is 0.207. The maximum Gasteiger partial charge on any atom is 0.336 e. The van der Waals surface area contributed by atoms with E-state index in [-0.39, 0.29) is 31.4 Å². The van der Waals surface area contributed by atoms with Crippen molar-refractivity contribution in [1.29, 1.82) is 0 Å². The molecule has 196 valence electrons. The molecule has 0 spiro atoms. The van der Waals surface area contributed by atoms with Gasteiger partial charge in [-0.3, -0.25) is 9.59 Å². The van der Waals surface area contributed by atoms with E-state index in [1.807, 2.05) is 0 Å². The summed E-state index contributed by atoms with van der Waals surface area (Å²) in [5.41, 5.74) is 3.23. The van der Waals surface area contributed by atoms with Crippen LogP contribution in [-0.4, -0.2) is 29.3 Å². The largest absolute Gasteiger partial charge is 0.463 e. The van der Waals surface area contributed by atoms with E-state index in [1.165, 1.54) is 24.3 Å². The van der Waals surface area contributed by atoms with Crippen LogP contribution in [0.15, 0.2) is 78.0 Å². The van der Waals surface area contributed by atoms with Crippen LogP contribution < -0.4 is 5.32 Å². The molecule has 0 saturated carbocycles. The number of esters is 1. The first kappa shape index (κ1) is 27.4. The average Bonchev–Trinajstić information content (AvgIpc) is 2.89. The Morgan fingerprint density at radius 2 is 1.71 bits per heavy atom. The van der Waals surface area contributed by atoms with Crippen molar-refractivity contribution in [2.45, 2.75) is 32.7 Å². The van der Waals surface area contributed by atoms with E-state index >= 15 is 0 Å². The Hall–Kier alpha value is -3.68. The maximum atomic E-state index is 13.3. The number of halogens is 3. The van der Waals surface area contributed by atoms with E-state index in [2.05, 4.69) is 5.32 Å². The smallest absolute Gasteiger partial charge is 0.336 e. The molecule has 2 amide bonds. The molecule has 1 aliphatic rings. The third kappa shape index (κ3) is 6.06. The predicted octanol–water partition coefficient (Wildman–Crippen LogP) is 6.74. The molecule has 1 N–H and O–H groups in total. The Morgan fingerprint density at radius 1 is 1.03 bits per heavy atom. The fourth-order valence-corrected chi connectivity index (χ4v) is 4.68. The topological polar surface area (TPSA) is 75.7 Å². The van der Waals surface area contributed by atoms with Crippen LogP contribution in [0.25, 0.3) is 0 Å². The van der Waals surface area contributed by atoms with Gasteiger partial charge in [0.25, 0.3) is 5.91 Å². The normalized spacial score (nSPS) is 15.4. The SMILES string of the molecule is CCOC(=O)C1=C(C)N(Cc2ccc(C(=O)Nc3ccc(F)cc3)cc2)C(=O)CC1c1ccc(Cl)c(Cl)c1. The van der Waals surface area contributed by atoms with Crippen molar-refractivity contribution in [2.75, 3.05) is 11.9 Å². The molecule has 0 aliphatic carbocycles. The second kappa shape index (κ2) is 11.8. The molecule has 1 atom stereocenters. The molecule has 1 heterocycles. The van der Waals surface area contributed by atoms with Crippen molar-refractivity contribution < 1.29 is 23.5 Å². The van der Waals surface area contributed by atoms with Gasteiger partial charge in [0, 0.05) is 29.3 Å². The first-order valence-electron chi connectivity index (χ1n) is 12.0. The van der Waals surface area contributed by atoms with Crippen molar-refractivity contribution in [3.8, 4) is 0 Å². The summed E-state index contributed by atoms with van der Waals surface area (Å²) in [7, 11) is 0. The Kier molecular flexibility index (Phi) is 8.49. The van der Waals surface area contributed by atoms with Crippen LogP contribution in [-0.2, 0) is 20.9 Å². The van der Waals surface area contributed by atoms with Gasteiger partial charge in [-0.15, -0.1) is 0 Å². The monoisotopic (exact) mass is 554 g/mol. The van der Waals surface area contributed by atoms with Crippen LogP contribution in [0.3, 0.4) is 0 Å². The quantitative estimate of drug-likeness (QED) is 0.328. The third-order valence-electron chi connectivity index (χ3n) is 6.32. The molecule has 0 radical (unpaired) electrons. The summed E-state index contributed by atoms with van der Waals surface area (Å²) in [6.07, 6.45) is 0.0572. The molecule has 1 unspecified atom stereocenters. The van der Waals surface area contributed by atoms with Crippen LogP contribution in [0.5, 0.6) is 0 Å². The van der Waals surface area contributed by atoms with Crippen molar-refractivity contribution in [3.63, 3.8) is 0 Å². The maximum absolute atomic E-state index is 13.3. The van der Waals surface area contributed by atoms with Crippen LogP contribution in [0, 0.1) is 5.82 Å². The Labute approximate surface area is 230 Å².